The third kappa shape index (κ3) is 3.71. The standard InChI is InChI=1S/C19H18N4O3S3/c1-10-11(2)28-19-16(10)18(22-17(23-19)14-5-4-8-27-14)21-12-6-7-13(26-3)15(9-12)29(20,24)25/h4-9H,1-3H3,(H2,20,24,25)(H,21,22,23). The van der Waals surface area contributed by atoms with Gasteiger partial charge in [0.25, 0.3) is 0 Å². The van der Waals surface area contributed by atoms with Crippen molar-refractivity contribution in [2.75, 3.05) is 12.4 Å². The van der Waals surface area contributed by atoms with Gasteiger partial charge in [0.2, 0.25) is 10.0 Å². The van der Waals surface area contributed by atoms with Crippen LogP contribution in [0.4, 0.5) is 11.5 Å². The molecule has 0 saturated heterocycles. The molecule has 0 atom stereocenters. The first kappa shape index (κ1) is 19.8. The zero-order chi connectivity index (χ0) is 20.8. The average molecular weight is 447 g/mol. The number of benzene rings is 1. The van der Waals surface area contributed by atoms with Gasteiger partial charge in [-0.3, -0.25) is 0 Å². The summed E-state index contributed by atoms with van der Waals surface area (Å²) >= 11 is 3.17. The zero-order valence-electron chi connectivity index (χ0n) is 15.9. The molecule has 0 amide bonds. The Morgan fingerprint density at radius 1 is 1.17 bits per heavy atom. The van der Waals surface area contributed by atoms with Crippen molar-refractivity contribution in [2.45, 2.75) is 18.7 Å². The predicted octanol–water partition coefficient (Wildman–Crippen LogP) is 4.44. The second kappa shape index (κ2) is 7.38. The number of rotatable bonds is 5. The van der Waals surface area contributed by atoms with Crippen LogP contribution in [0.15, 0.2) is 40.6 Å². The summed E-state index contributed by atoms with van der Waals surface area (Å²) in [5.41, 5.74) is 1.63. The Kier molecular flexibility index (Phi) is 5.03. The van der Waals surface area contributed by atoms with Crippen LogP contribution in [0.25, 0.3) is 20.9 Å². The van der Waals surface area contributed by atoms with Gasteiger partial charge in [-0.05, 0) is 49.1 Å². The number of ether oxygens (including phenoxy) is 1. The summed E-state index contributed by atoms with van der Waals surface area (Å²) in [6.45, 7) is 4.07. The molecule has 29 heavy (non-hydrogen) atoms. The number of sulfonamides is 1. The van der Waals surface area contributed by atoms with Crippen molar-refractivity contribution in [1.82, 2.24) is 9.97 Å². The van der Waals surface area contributed by atoms with E-state index < -0.39 is 10.0 Å². The van der Waals surface area contributed by atoms with Crippen LogP contribution in [0.2, 0.25) is 0 Å². The normalized spacial score (nSPS) is 11.7. The Hall–Kier alpha value is -2.53. The number of aryl methyl sites for hydroxylation is 2. The van der Waals surface area contributed by atoms with E-state index in [4.69, 9.17) is 19.8 Å². The highest BCUT2D eigenvalue weighted by molar-refractivity contribution is 7.89. The molecule has 4 aromatic rings. The number of hydrogen-bond acceptors (Lipinski definition) is 8. The maximum absolute atomic E-state index is 11.9. The fourth-order valence-electron chi connectivity index (χ4n) is 2.97. The number of methoxy groups -OCH3 is 1. The number of nitrogens with zero attached hydrogens (tertiary/aromatic N) is 2. The Balaban J connectivity index is 1.88. The maximum Gasteiger partial charge on any atom is 0.241 e. The number of nitrogens with one attached hydrogen (secondary N) is 1. The number of hydrogen-bond donors (Lipinski definition) is 2. The minimum atomic E-state index is -3.94. The molecule has 150 valence electrons. The molecule has 0 bridgehead atoms. The summed E-state index contributed by atoms with van der Waals surface area (Å²) in [7, 11) is -2.55. The topological polar surface area (TPSA) is 107 Å². The lowest BCUT2D eigenvalue weighted by Gasteiger charge is -2.12. The highest BCUT2D eigenvalue weighted by Crippen LogP contribution is 2.37. The first-order chi connectivity index (χ1) is 13.8. The first-order valence-electron chi connectivity index (χ1n) is 8.57. The van der Waals surface area contributed by atoms with Crippen LogP contribution < -0.4 is 15.2 Å². The van der Waals surface area contributed by atoms with E-state index in [1.807, 2.05) is 31.4 Å². The second-order valence-corrected chi connectivity index (χ2v) is 10.1. The number of thiophene rings is 2. The van der Waals surface area contributed by atoms with Gasteiger partial charge in [-0.25, -0.2) is 23.5 Å². The molecule has 0 radical (unpaired) electrons. The number of anilines is 2. The van der Waals surface area contributed by atoms with Crippen LogP contribution in [0.1, 0.15) is 10.4 Å². The summed E-state index contributed by atoms with van der Waals surface area (Å²) in [5.74, 6) is 1.43. The van der Waals surface area contributed by atoms with E-state index in [1.54, 1.807) is 34.8 Å². The Morgan fingerprint density at radius 3 is 2.62 bits per heavy atom. The molecule has 4 rings (SSSR count). The van der Waals surface area contributed by atoms with Crippen LogP contribution in [0.3, 0.4) is 0 Å². The molecule has 0 aliphatic heterocycles. The van der Waals surface area contributed by atoms with Gasteiger partial charge in [-0.15, -0.1) is 22.7 Å². The molecular weight excluding hydrogens is 428 g/mol. The average Bonchev–Trinajstić information content (AvgIpc) is 3.30. The highest BCUT2D eigenvalue weighted by Gasteiger charge is 2.19. The van der Waals surface area contributed by atoms with Gasteiger partial charge < -0.3 is 10.1 Å². The molecule has 3 aromatic heterocycles. The monoisotopic (exact) mass is 446 g/mol. The molecule has 3 heterocycles. The number of fused-ring (bicyclic) bond motifs is 1. The van der Waals surface area contributed by atoms with E-state index in [0.29, 0.717) is 17.3 Å². The van der Waals surface area contributed by atoms with Crippen LogP contribution in [-0.4, -0.2) is 25.5 Å². The van der Waals surface area contributed by atoms with Crippen LogP contribution >= 0.6 is 22.7 Å². The molecular formula is C19H18N4O3S3. The van der Waals surface area contributed by atoms with Gasteiger partial charge in [0.05, 0.1) is 17.4 Å². The van der Waals surface area contributed by atoms with Gasteiger partial charge in [-0.2, -0.15) is 0 Å². The summed E-state index contributed by atoms with van der Waals surface area (Å²) in [6.07, 6.45) is 0. The lowest BCUT2D eigenvalue weighted by molar-refractivity contribution is 0.403. The van der Waals surface area contributed by atoms with E-state index in [2.05, 4.69) is 5.32 Å². The fraction of sp³-hybridized carbons (Fsp3) is 0.158. The van der Waals surface area contributed by atoms with Crippen LogP contribution in [0, 0.1) is 13.8 Å². The quantitative estimate of drug-likeness (QED) is 0.469. The highest BCUT2D eigenvalue weighted by atomic mass is 32.2. The van der Waals surface area contributed by atoms with Crippen LogP contribution in [0.5, 0.6) is 5.75 Å². The van der Waals surface area contributed by atoms with Gasteiger partial charge in [0.15, 0.2) is 5.82 Å². The van der Waals surface area contributed by atoms with Gasteiger partial charge in [0.1, 0.15) is 21.3 Å². The van der Waals surface area contributed by atoms with Crippen molar-refractivity contribution in [3.63, 3.8) is 0 Å². The molecule has 0 aliphatic carbocycles. The van der Waals surface area contributed by atoms with E-state index in [0.717, 1.165) is 25.5 Å². The van der Waals surface area contributed by atoms with E-state index >= 15 is 0 Å². The largest absolute Gasteiger partial charge is 0.495 e. The molecule has 0 aliphatic rings. The van der Waals surface area contributed by atoms with Crippen molar-refractivity contribution >= 4 is 54.4 Å². The first-order valence-corrected chi connectivity index (χ1v) is 11.8. The van der Waals surface area contributed by atoms with Crippen molar-refractivity contribution in [3.8, 4) is 16.5 Å². The van der Waals surface area contributed by atoms with Crippen LogP contribution in [-0.2, 0) is 10.0 Å². The predicted molar refractivity (Wildman–Crippen MR) is 118 cm³/mol. The smallest absolute Gasteiger partial charge is 0.241 e. The lowest BCUT2D eigenvalue weighted by atomic mass is 10.2. The van der Waals surface area contributed by atoms with Crippen molar-refractivity contribution < 1.29 is 13.2 Å². The minimum absolute atomic E-state index is 0.0907. The van der Waals surface area contributed by atoms with E-state index in [1.165, 1.54) is 13.2 Å². The number of nitrogens with two attached hydrogens (primary N) is 1. The summed E-state index contributed by atoms with van der Waals surface area (Å²) < 4.78 is 29.0. The third-order valence-electron chi connectivity index (χ3n) is 4.50. The van der Waals surface area contributed by atoms with E-state index in [-0.39, 0.29) is 10.6 Å². The SMILES string of the molecule is COc1ccc(Nc2nc(-c3cccs3)nc3sc(C)c(C)c23)cc1S(N)(=O)=O. The number of aromatic nitrogens is 2. The van der Waals surface area contributed by atoms with E-state index in [9.17, 15) is 8.42 Å². The maximum atomic E-state index is 11.9. The molecule has 0 saturated carbocycles. The fourth-order valence-corrected chi connectivity index (χ4v) is 5.38. The lowest BCUT2D eigenvalue weighted by Crippen LogP contribution is -2.13. The molecule has 3 N–H and O–H groups in total. The third-order valence-corrected chi connectivity index (χ3v) is 7.40. The Morgan fingerprint density at radius 2 is 1.97 bits per heavy atom. The molecule has 0 unspecified atom stereocenters. The summed E-state index contributed by atoms with van der Waals surface area (Å²) in [6, 6.07) is 8.65. The molecule has 1 aromatic carbocycles. The van der Waals surface area contributed by atoms with Gasteiger partial charge in [0, 0.05) is 10.6 Å². The zero-order valence-corrected chi connectivity index (χ0v) is 18.3. The van der Waals surface area contributed by atoms with Gasteiger partial charge >= 0.3 is 0 Å². The molecule has 0 fully saturated rings. The second-order valence-electron chi connectivity index (χ2n) is 6.37. The molecule has 10 heteroatoms. The van der Waals surface area contributed by atoms with Crippen molar-refractivity contribution in [2.24, 2.45) is 5.14 Å². The minimum Gasteiger partial charge on any atom is -0.495 e. The summed E-state index contributed by atoms with van der Waals surface area (Å²) in [4.78, 5) is 12.4. The molecule has 7 nitrogen and oxygen atoms in total. The van der Waals surface area contributed by atoms with Crippen molar-refractivity contribution in [1.29, 1.82) is 0 Å². The van der Waals surface area contributed by atoms with Crippen molar-refractivity contribution in [3.05, 3.63) is 46.2 Å². The molecule has 0 spiro atoms. The Bertz CT molecular complexity index is 1310. The Labute approximate surface area is 176 Å². The summed E-state index contributed by atoms with van der Waals surface area (Å²) in [5, 5.41) is 11.5. The van der Waals surface area contributed by atoms with Gasteiger partial charge in [-0.1, -0.05) is 6.07 Å². The number of primary sulfonamides is 1.